The third-order valence-electron chi connectivity index (χ3n) is 4.15. The fourth-order valence-electron chi connectivity index (χ4n) is 2.74. The summed E-state index contributed by atoms with van der Waals surface area (Å²) in [6.07, 6.45) is 4.04. The molecule has 0 spiro atoms. The molecule has 3 heteroatoms. The van der Waals surface area contributed by atoms with Gasteiger partial charge in [-0.15, -0.1) is 11.3 Å². The van der Waals surface area contributed by atoms with E-state index >= 15 is 0 Å². The van der Waals surface area contributed by atoms with Gasteiger partial charge in [-0.05, 0) is 53.8 Å². The first-order valence-corrected chi connectivity index (χ1v) is 7.77. The Morgan fingerprint density at radius 1 is 1.32 bits per heavy atom. The lowest BCUT2D eigenvalue weighted by Gasteiger charge is -2.27. The molecular formula is C16H20N2S. The van der Waals surface area contributed by atoms with Crippen LogP contribution in [0, 0.1) is 6.92 Å². The number of hydrogen-bond acceptors (Lipinski definition) is 3. The summed E-state index contributed by atoms with van der Waals surface area (Å²) >= 11 is 1.77. The average molecular weight is 272 g/mol. The summed E-state index contributed by atoms with van der Waals surface area (Å²) < 4.78 is 0. The Balaban J connectivity index is 1.93. The largest absolute Gasteiger partial charge is 0.271 e. The van der Waals surface area contributed by atoms with Gasteiger partial charge in [0.15, 0.2) is 0 Å². The Morgan fingerprint density at radius 2 is 2.16 bits per heavy atom. The number of hydrogen-bond donors (Lipinski definition) is 2. The van der Waals surface area contributed by atoms with E-state index in [9.17, 15) is 0 Å². The molecule has 0 amide bonds. The molecule has 1 saturated carbocycles. The maximum atomic E-state index is 5.79. The summed E-state index contributed by atoms with van der Waals surface area (Å²) in [5, 5.41) is 2.13. The molecule has 1 aromatic carbocycles. The van der Waals surface area contributed by atoms with Crippen molar-refractivity contribution in [1.29, 1.82) is 0 Å². The van der Waals surface area contributed by atoms with Crippen LogP contribution in [0.2, 0.25) is 0 Å². The van der Waals surface area contributed by atoms with Gasteiger partial charge in [-0.1, -0.05) is 30.7 Å². The summed E-state index contributed by atoms with van der Waals surface area (Å²) in [6, 6.07) is 11.2. The Morgan fingerprint density at radius 3 is 2.74 bits per heavy atom. The van der Waals surface area contributed by atoms with Crippen LogP contribution >= 0.6 is 11.3 Å². The second-order valence-corrected chi connectivity index (χ2v) is 6.31. The minimum absolute atomic E-state index is 0.111. The minimum atomic E-state index is 0.111. The molecule has 3 N–H and O–H groups in total. The number of nitrogens with one attached hydrogen (secondary N) is 1. The van der Waals surface area contributed by atoms with Gasteiger partial charge in [-0.2, -0.15) is 0 Å². The van der Waals surface area contributed by atoms with Crippen LogP contribution in [0.4, 0.5) is 0 Å². The van der Waals surface area contributed by atoms with E-state index in [1.54, 1.807) is 11.3 Å². The van der Waals surface area contributed by atoms with E-state index in [2.05, 4.69) is 48.1 Å². The van der Waals surface area contributed by atoms with Crippen molar-refractivity contribution in [3.63, 3.8) is 0 Å². The lowest BCUT2D eigenvalue weighted by atomic mass is 9.79. The lowest BCUT2D eigenvalue weighted by Crippen LogP contribution is -2.28. The molecule has 1 aliphatic carbocycles. The Labute approximate surface area is 118 Å². The van der Waals surface area contributed by atoms with Crippen molar-refractivity contribution < 1.29 is 0 Å². The number of rotatable bonds is 4. The predicted molar refractivity (Wildman–Crippen MR) is 81.3 cm³/mol. The first-order valence-electron chi connectivity index (χ1n) is 6.89. The number of hydrazine groups is 1. The van der Waals surface area contributed by atoms with Crippen LogP contribution in [0.3, 0.4) is 0 Å². The molecule has 0 saturated heterocycles. The second kappa shape index (κ2) is 5.45. The Kier molecular flexibility index (Phi) is 3.69. The van der Waals surface area contributed by atoms with E-state index in [-0.39, 0.29) is 6.04 Å². The molecule has 0 bridgehead atoms. The summed E-state index contributed by atoms with van der Waals surface area (Å²) in [5.74, 6) is 6.56. The SMILES string of the molecule is Cc1ccsc1C(NN)c1cccc(C2CCC2)c1. The molecule has 0 aliphatic heterocycles. The normalized spacial score (nSPS) is 17.2. The smallest absolute Gasteiger partial charge is 0.0805 e. The van der Waals surface area contributed by atoms with Crippen molar-refractivity contribution in [1.82, 2.24) is 5.43 Å². The highest BCUT2D eigenvalue weighted by atomic mass is 32.1. The van der Waals surface area contributed by atoms with Gasteiger partial charge >= 0.3 is 0 Å². The number of thiophene rings is 1. The van der Waals surface area contributed by atoms with Crippen LogP contribution < -0.4 is 11.3 Å². The van der Waals surface area contributed by atoms with E-state index in [1.165, 1.54) is 40.8 Å². The van der Waals surface area contributed by atoms with Crippen LogP contribution in [-0.2, 0) is 0 Å². The van der Waals surface area contributed by atoms with Gasteiger partial charge in [0, 0.05) is 4.88 Å². The van der Waals surface area contributed by atoms with Crippen LogP contribution in [-0.4, -0.2) is 0 Å². The van der Waals surface area contributed by atoms with Crippen LogP contribution in [0.15, 0.2) is 35.7 Å². The second-order valence-electron chi connectivity index (χ2n) is 5.37. The predicted octanol–water partition coefficient (Wildman–Crippen LogP) is 3.88. The maximum Gasteiger partial charge on any atom is 0.0805 e. The zero-order chi connectivity index (χ0) is 13.2. The zero-order valence-electron chi connectivity index (χ0n) is 11.2. The minimum Gasteiger partial charge on any atom is -0.271 e. The highest BCUT2D eigenvalue weighted by Crippen LogP contribution is 2.38. The number of aryl methyl sites for hydroxylation is 1. The van der Waals surface area contributed by atoms with Crippen molar-refractivity contribution in [2.45, 2.75) is 38.1 Å². The van der Waals surface area contributed by atoms with Gasteiger partial charge in [-0.25, -0.2) is 5.43 Å². The van der Waals surface area contributed by atoms with Crippen LogP contribution in [0.5, 0.6) is 0 Å². The highest BCUT2D eigenvalue weighted by molar-refractivity contribution is 7.10. The molecule has 1 atom stereocenters. The first kappa shape index (κ1) is 12.9. The molecular weight excluding hydrogens is 252 g/mol. The summed E-state index contributed by atoms with van der Waals surface area (Å²) in [7, 11) is 0. The zero-order valence-corrected chi connectivity index (χ0v) is 12.0. The highest BCUT2D eigenvalue weighted by Gasteiger charge is 2.21. The van der Waals surface area contributed by atoms with Crippen molar-refractivity contribution in [2.24, 2.45) is 5.84 Å². The van der Waals surface area contributed by atoms with E-state index in [0.717, 1.165) is 5.92 Å². The standard InChI is InChI=1S/C16H20N2S/c1-11-8-9-19-16(11)15(18-17)14-7-3-6-13(10-14)12-4-2-5-12/h3,6-10,12,15,18H,2,4-5,17H2,1H3. The van der Waals surface area contributed by atoms with Gasteiger partial charge in [-0.3, -0.25) is 5.84 Å². The molecule has 1 heterocycles. The third-order valence-corrected chi connectivity index (χ3v) is 5.23. The molecule has 2 aromatic rings. The van der Waals surface area contributed by atoms with Crippen molar-refractivity contribution >= 4 is 11.3 Å². The monoisotopic (exact) mass is 272 g/mol. The first-order chi connectivity index (χ1) is 9.29. The van der Waals surface area contributed by atoms with Crippen LogP contribution in [0.1, 0.15) is 52.8 Å². The molecule has 2 nitrogen and oxygen atoms in total. The average Bonchev–Trinajstić information content (AvgIpc) is 2.75. The fraction of sp³-hybridized carbons (Fsp3) is 0.375. The van der Waals surface area contributed by atoms with Crippen molar-refractivity contribution in [3.05, 3.63) is 57.3 Å². The van der Waals surface area contributed by atoms with Gasteiger partial charge < -0.3 is 0 Å². The van der Waals surface area contributed by atoms with Gasteiger partial charge in [0.2, 0.25) is 0 Å². The van der Waals surface area contributed by atoms with E-state index < -0.39 is 0 Å². The van der Waals surface area contributed by atoms with E-state index in [1.807, 2.05) is 0 Å². The third kappa shape index (κ3) is 2.46. The summed E-state index contributed by atoms with van der Waals surface area (Å²) in [5.41, 5.74) is 7.03. The quantitative estimate of drug-likeness (QED) is 0.655. The fourth-order valence-corrected chi connectivity index (χ4v) is 3.75. The number of nitrogens with two attached hydrogens (primary N) is 1. The molecule has 1 aliphatic rings. The molecule has 0 radical (unpaired) electrons. The van der Waals surface area contributed by atoms with Gasteiger partial charge in [0.1, 0.15) is 0 Å². The Hall–Kier alpha value is -1.16. The molecule has 100 valence electrons. The van der Waals surface area contributed by atoms with Gasteiger partial charge in [0.05, 0.1) is 6.04 Å². The molecule has 1 aromatic heterocycles. The van der Waals surface area contributed by atoms with E-state index in [4.69, 9.17) is 5.84 Å². The van der Waals surface area contributed by atoms with Crippen molar-refractivity contribution in [3.8, 4) is 0 Å². The van der Waals surface area contributed by atoms with Gasteiger partial charge in [0.25, 0.3) is 0 Å². The lowest BCUT2D eigenvalue weighted by molar-refractivity contribution is 0.419. The topological polar surface area (TPSA) is 38.0 Å². The molecule has 19 heavy (non-hydrogen) atoms. The summed E-state index contributed by atoms with van der Waals surface area (Å²) in [4.78, 5) is 1.31. The summed E-state index contributed by atoms with van der Waals surface area (Å²) in [6.45, 7) is 2.14. The van der Waals surface area contributed by atoms with Crippen LogP contribution in [0.25, 0.3) is 0 Å². The molecule has 1 unspecified atom stereocenters. The number of benzene rings is 1. The molecule has 3 rings (SSSR count). The maximum absolute atomic E-state index is 5.79. The van der Waals surface area contributed by atoms with Crippen molar-refractivity contribution in [2.75, 3.05) is 0 Å². The van der Waals surface area contributed by atoms with E-state index in [0.29, 0.717) is 0 Å². The Bertz CT molecular complexity index is 557. The molecule has 1 fully saturated rings.